The number of hydrogen-bond acceptors (Lipinski definition) is 5. The van der Waals surface area contributed by atoms with E-state index in [1.54, 1.807) is 12.1 Å². The number of anilines is 3. The molecule has 26 heavy (non-hydrogen) atoms. The summed E-state index contributed by atoms with van der Waals surface area (Å²) >= 11 is 0. The minimum absolute atomic E-state index is 0.0443. The molecule has 2 heterocycles. The highest BCUT2D eigenvalue weighted by atomic mass is 19.1. The lowest BCUT2D eigenvalue weighted by Crippen LogP contribution is -2.11. The molecule has 6 nitrogen and oxygen atoms in total. The summed E-state index contributed by atoms with van der Waals surface area (Å²) in [5, 5.41) is 13.9. The third kappa shape index (κ3) is 3.82. The molecular formula is C19H21FN6. The Labute approximate surface area is 151 Å². The average Bonchev–Trinajstić information content (AvgIpc) is 3.35. The van der Waals surface area contributed by atoms with Gasteiger partial charge in [-0.3, -0.25) is 5.10 Å². The standard InChI is InChI=1S/C19H21FN6/c1-11-9-17(23-18-10-16(25-26-18)14-3-4-14)24-19(21-11)22-12(2)13-5-7-15(20)8-6-13/h5-10,12,14H,3-4H2,1-2H3,(H3,21,22,23,24,25,26)/t12-/m0/s1. The number of nitrogens with one attached hydrogen (secondary N) is 3. The van der Waals surface area contributed by atoms with E-state index in [0.717, 1.165) is 17.1 Å². The molecule has 0 amide bonds. The minimum Gasteiger partial charge on any atom is -0.348 e. The lowest BCUT2D eigenvalue weighted by Gasteiger charge is -2.15. The van der Waals surface area contributed by atoms with Gasteiger partial charge in [0.15, 0.2) is 5.82 Å². The Bertz CT molecular complexity index is 901. The highest BCUT2D eigenvalue weighted by Gasteiger charge is 2.25. The predicted molar refractivity (Wildman–Crippen MR) is 99.1 cm³/mol. The second kappa shape index (κ2) is 6.74. The minimum atomic E-state index is -0.246. The number of aromatic amines is 1. The van der Waals surface area contributed by atoms with Crippen LogP contribution in [0.15, 0.2) is 36.4 Å². The molecule has 0 spiro atoms. The third-order valence-electron chi connectivity index (χ3n) is 4.44. The van der Waals surface area contributed by atoms with Crippen molar-refractivity contribution in [3.8, 4) is 0 Å². The van der Waals surface area contributed by atoms with Gasteiger partial charge in [0.25, 0.3) is 0 Å². The lowest BCUT2D eigenvalue weighted by molar-refractivity contribution is 0.626. The summed E-state index contributed by atoms with van der Waals surface area (Å²) < 4.78 is 13.1. The Balaban J connectivity index is 1.48. The van der Waals surface area contributed by atoms with Gasteiger partial charge in [0.05, 0.1) is 6.04 Å². The van der Waals surface area contributed by atoms with Crippen LogP contribution in [0.25, 0.3) is 0 Å². The van der Waals surface area contributed by atoms with Crippen molar-refractivity contribution in [2.45, 2.75) is 38.6 Å². The molecule has 0 unspecified atom stereocenters. The summed E-state index contributed by atoms with van der Waals surface area (Å²) in [4.78, 5) is 8.96. The lowest BCUT2D eigenvalue weighted by atomic mass is 10.1. The van der Waals surface area contributed by atoms with E-state index in [2.05, 4.69) is 30.8 Å². The molecule has 0 bridgehead atoms. The zero-order valence-electron chi connectivity index (χ0n) is 14.8. The summed E-state index contributed by atoms with van der Waals surface area (Å²) in [6, 6.07) is 10.3. The SMILES string of the molecule is Cc1cc(Nc2cc(C3CC3)[nH]n2)nc(N[C@@H](C)c2ccc(F)cc2)n1. The highest BCUT2D eigenvalue weighted by molar-refractivity contribution is 5.54. The molecule has 2 aromatic heterocycles. The van der Waals surface area contributed by atoms with Crippen LogP contribution in [0.5, 0.6) is 0 Å². The molecule has 1 atom stereocenters. The van der Waals surface area contributed by atoms with Crippen LogP contribution in [-0.4, -0.2) is 20.2 Å². The maximum Gasteiger partial charge on any atom is 0.225 e. The van der Waals surface area contributed by atoms with E-state index < -0.39 is 0 Å². The van der Waals surface area contributed by atoms with Crippen molar-refractivity contribution >= 4 is 17.6 Å². The molecule has 3 N–H and O–H groups in total. The first kappa shape index (κ1) is 16.5. The molecule has 4 rings (SSSR count). The Morgan fingerprint density at radius 1 is 1.12 bits per heavy atom. The molecule has 1 aliphatic rings. The Morgan fingerprint density at radius 3 is 2.62 bits per heavy atom. The number of halogens is 1. The van der Waals surface area contributed by atoms with Crippen molar-refractivity contribution in [1.82, 2.24) is 20.2 Å². The van der Waals surface area contributed by atoms with Gasteiger partial charge in [-0.2, -0.15) is 10.1 Å². The number of rotatable bonds is 6. The number of aryl methyl sites for hydroxylation is 1. The Morgan fingerprint density at radius 2 is 1.88 bits per heavy atom. The molecule has 1 fully saturated rings. The molecule has 1 aliphatic carbocycles. The zero-order chi connectivity index (χ0) is 18.1. The van der Waals surface area contributed by atoms with Gasteiger partial charge in [0, 0.05) is 29.4 Å². The normalized spacial score (nSPS) is 14.9. The fourth-order valence-electron chi connectivity index (χ4n) is 2.86. The van der Waals surface area contributed by atoms with Crippen LogP contribution in [0.1, 0.15) is 48.7 Å². The summed E-state index contributed by atoms with van der Waals surface area (Å²) in [5.74, 6) is 2.33. The molecule has 0 radical (unpaired) electrons. The van der Waals surface area contributed by atoms with Gasteiger partial charge in [0.2, 0.25) is 5.95 Å². The molecule has 1 aromatic carbocycles. The third-order valence-corrected chi connectivity index (χ3v) is 4.44. The van der Waals surface area contributed by atoms with Crippen molar-refractivity contribution < 1.29 is 4.39 Å². The first-order chi connectivity index (χ1) is 12.6. The van der Waals surface area contributed by atoms with Gasteiger partial charge >= 0.3 is 0 Å². The van der Waals surface area contributed by atoms with E-state index >= 15 is 0 Å². The summed E-state index contributed by atoms with van der Waals surface area (Å²) in [7, 11) is 0. The maximum atomic E-state index is 13.1. The molecule has 134 valence electrons. The van der Waals surface area contributed by atoms with Gasteiger partial charge in [-0.15, -0.1) is 0 Å². The second-order valence-corrected chi connectivity index (χ2v) is 6.74. The summed E-state index contributed by atoms with van der Waals surface area (Å²) in [6.07, 6.45) is 2.45. The van der Waals surface area contributed by atoms with E-state index in [1.165, 1.54) is 30.7 Å². The van der Waals surface area contributed by atoms with Crippen molar-refractivity contribution in [2.75, 3.05) is 10.6 Å². The largest absolute Gasteiger partial charge is 0.348 e. The van der Waals surface area contributed by atoms with Crippen molar-refractivity contribution in [3.63, 3.8) is 0 Å². The monoisotopic (exact) mass is 352 g/mol. The van der Waals surface area contributed by atoms with E-state index in [0.29, 0.717) is 17.7 Å². The van der Waals surface area contributed by atoms with Gasteiger partial charge in [-0.1, -0.05) is 12.1 Å². The summed E-state index contributed by atoms with van der Waals surface area (Å²) in [5.41, 5.74) is 2.98. The fraction of sp³-hybridized carbons (Fsp3) is 0.316. The van der Waals surface area contributed by atoms with Crippen LogP contribution in [-0.2, 0) is 0 Å². The zero-order valence-corrected chi connectivity index (χ0v) is 14.8. The van der Waals surface area contributed by atoms with Crippen molar-refractivity contribution in [2.24, 2.45) is 0 Å². The molecule has 0 saturated heterocycles. The van der Waals surface area contributed by atoms with Crippen molar-refractivity contribution in [1.29, 1.82) is 0 Å². The first-order valence-electron chi connectivity index (χ1n) is 8.77. The Kier molecular flexibility index (Phi) is 4.28. The number of nitrogens with zero attached hydrogens (tertiary/aromatic N) is 3. The summed E-state index contributed by atoms with van der Waals surface area (Å²) in [6.45, 7) is 3.91. The van der Waals surface area contributed by atoms with Crippen LogP contribution in [0.3, 0.4) is 0 Å². The van der Waals surface area contributed by atoms with Crippen LogP contribution in [0.4, 0.5) is 22.0 Å². The van der Waals surface area contributed by atoms with E-state index in [1.807, 2.05) is 26.0 Å². The first-order valence-corrected chi connectivity index (χ1v) is 8.77. The van der Waals surface area contributed by atoms with Gasteiger partial charge in [0.1, 0.15) is 11.6 Å². The van der Waals surface area contributed by atoms with Gasteiger partial charge < -0.3 is 10.6 Å². The number of benzene rings is 1. The number of aromatic nitrogens is 4. The Hall–Kier alpha value is -2.96. The average molecular weight is 352 g/mol. The van der Waals surface area contributed by atoms with Crippen LogP contribution >= 0.6 is 0 Å². The smallest absolute Gasteiger partial charge is 0.225 e. The van der Waals surface area contributed by atoms with Crippen LogP contribution < -0.4 is 10.6 Å². The molecule has 7 heteroatoms. The molecule has 3 aromatic rings. The molecule has 1 saturated carbocycles. The van der Waals surface area contributed by atoms with E-state index in [4.69, 9.17) is 0 Å². The van der Waals surface area contributed by atoms with Gasteiger partial charge in [-0.25, -0.2) is 9.37 Å². The van der Waals surface area contributed by atoms with E-state index in [-0.39, 0.29) is 11.9 Å². The quantitative estimate of drug-likeness (QED) is 0.611. The maximum absolute atomic E-state index is 13.1. The van der Waals surface area contributed by atoms with Crippen molar-refractivity contribution in [3.05, 3.63) is 59.2 Å². The topological polar surface area (TPSA) is 78.5 Å². The number of hydrogen-bond donors (Lipinski definition) is 3. The van der Waals surface area contributed by atoms with Crippen LogP contribution in [0.2, 0.25) is 0 Å². The van der Waals surface area contributed by atoms with Gasteiger partial charge in [-0.05, 0) is 44.4 Å². The predicted octanol–water partition coefficient (Wildman–Crippen LogP) is 4.44. The molecule has 0 aliphatic heterocycles. The van der Waals surface area contributed by atoms with E-state index in [9.17, 15) is 4.39 Å². The highest BCUT2D eigenvalue weighted by Crippen LogP contribution is 2.39. The second-order valence-electron chi connectivity index (χ2n) is 6.74. The van der Waals surface area contributed by atoms with Crippen LogP contribution in [0, 0.1) is 12.7 Å². The fourth-order valence-corrected chi connectivity index (χ4v) is 2.86. The molecular weight excluding hydrogens is 331 g/mol. The number of H-pyrrole nitrogens is 1.